The van der Waals surface area contributed by atoms with Crippen molar-refractivity contribution in [3.8, 4) is 11.5 Å². The van der Waals surface area contributed by atoms with Crippen LogP contribution in [0.15, 0.2) is 29.8 Å². The summed E-state index contributed by atoms with van der Waals surface area (Å²) in [7, 11) is 0. The average molecular weight is 192 g/mol. The summed E-state index contributed by atoms with van der Waals surface area (Å²) in [5.74, 6) is -0.461. The molecule has 0 fully saturated rings. The molecule has 0 spiro atoms. The summed E-state index contributed by atoms with van der Waals surface area (Å²) in [5, 5.41) is 18.5. The van der Waals surface area contributed by atoms with Crippen molar-refractivity contribution in [3.63, 3.8) is 0 Å². The van der Waals surface area contributed by atoms with Gasteiger partial charge in [-0.15, -0.1) is 0 Å². The van der Waals surface area contributed by atoms with Crippen LogP contribution >= 0.6 is 0 Å². The van der Waals surface area contributed by atoms with Gasteiger partial charge < -0.3 is 10.2 Å². The Balaban J connectivity index is 3.12. The second-order valence-corrected chi connectivity index (χ2v) is 3.29. The molecule has 0 bridgehead atoms. The number of rotatable bonds is 2. The molecule has 0 unspecified atom stereocenters. The first kappa shape index (κ1) is 10.3. The fourth-order valence-electron chi connectivity index (χ4n) is 1.06. The van der Waals surface area contributed by atoms with E-state index in [1.807, 2.05) is 0 Å². The van der Waals surface area contributed by atoms with Crippen LogP contribution < -0.4 is 0 Å². The lowest BCUT2D eigenvalue weighted by molar-refractivity contribution is 0.104. The van der Waals surface area contributed by atoms with Crippen molar-refractivity contribution in [2.24, 2.45) is 0 Å². The Bertz CT molecular complexity index is 388. The molecule has 0 amide bonds. The van der Waals surface area contributed by atoms with Gasteiger partial charge in [0.25, 0.3) is 0 Å². The summed E-state index contributed by atoms with van der Waals surface area (Å²) >= 11 is 0. The maximum absolute atomic E-state index is 11.5. The van der Waals surface area contributed by atoms with Gasteiger partial charge in [-0.3, -0.25) is 4.79 Å². The fraction of sp³-hybridized carbons (Fsp3) is 0.182. The predicted molar refractivity (Wildman–Crippen MR) is 53.5 cm³/mol. The molecular formula is C11H12O3. The van der Waals surface area contributed by atoms with Gasteiger partial charge in [-0.25, -0.2) is 0 Å². The zero-order valence-electron chi connectivity index (χ0n) is 8.11. The van der Waals surface area contributed by atoms with Crippen molar-refractivity contribution in [2.75, 3.05) is 0 Å². The molecule has 2 N–H and O–H groups in total. The van der Waals surface area contributed by atoms with Gasteiger partial charge in [0, 0.05) is 0 Å². The van der Waals surface area contributed by atoms with Crippen LogP contribution in [0.5, 0.6) is 11.5 Å². The summed E-state index contributed by atoms with van der Waals surface area (Å²) in [6.07, 6.45) is 1.41. The van der Waals surface area contributed by atoms with Crippen LogP contribution in [0.3, 0.4) is 0 Å². The van der Waals surface area contributed by atoms with Crippen LogP contribution in [0, 0.1) is 0 Å². The van der Waals surface area contributed by atoms with E-state index in [0.29, 0.717) is 0 Å². The lowest BCUT2D eigenvalue weighted by Gasteiger charge is -2.01. The maximum atomic E-state index is 11.5. The second kappa shape index (κ2) is 3.96. The molecule has 14 heavy (non-hydrogen) atoms. The summed E-state index contributed by atoms with van der Waals surface area (Å²) in [6.45, 7) is 3.58. The Hall–Kier alpha value is -1.77. The highest BCUT2D eigenvalue weighted by Gasteiger charge is 2.09. The van der Waals surface area contributed by atoms with Gasteiger partial charge in [-0.05, 0) is 38.1 Å². The van der Waals surface area contributed by atoms with Crippen molar-refractivity contribution < 1.29 is 15.0 Å². The molecule has 3 nitrogen and oxygen atoms in total. The number of allylic oxidation sites excluding steroid dienone is 2. The zero-order valence-corrected chi connectivity index (χ0v) is 8.11. The van der Waals surface area contributed by atoms with Gasteiger partial charge in [0.1, 0.15) is 11.5 Å². The molecule has 1 rings (SSSR count). The molecule has 0 saturated carbocycles. The summed E-state index contributed by atoms with van der Waals surface area (Å²) in [6, 6.07) is 3.87. The molecule has 74 valence electrons. The van der Waals surface area contributed by atoms with Crippen molar-refractivity contribution in [1.82, 2.24) is 0 Å². The Morgan fingerprint density at radius 1 is 1.29 bits per heavy atom. The van der Waals surface area contributed by atoms with Gasteiger partial charge in [-0.1, -0.05) is 5.57 Å². The molecule has 1 aromatic carbocycles. The predicted octanol–water partition coefficient (Wildman–Crippen LogP) is 2.25. The Morgan fingerprint density at radius 3 is 2.50 bits per heavy atom. The van der Waals surface area contributed by atoms with E-state index in [2.05, 4.69) is 0 Å². The summed E-state index contributed by atoms with van der Waals surface area (Å²) in [5.41, 5.74) is 0.962. The number of phenols is 2. The third-order valence-corrected chi connectivity index (χ3v) is 1.67. The van der Waals surface area contributed by atoms with E-state index in [4.69, 9.17) is 5.11 Å². The molecular weight excluding hydrogens is 180 g/mol. The second-order valence-electron chi connectivity index (χ2n) is 3.29. The number of ketones is 1. The first-order valence-corrected chi connectivity index (χ1v) is 4.22. The number of carbonyl (C=O) groups is 1. The van der Waals surface area contributed by atoms with Gasteiger partial charge >= 0.3 is 0 Å². The number of aromatic hydroxyl groups is 2. The first-order valence-electron chi connectivity index (χ1n) is 4.22. The highest BCUT2D eigenvalue weighted by molar-refractivity contribution is 6.07. The Morgan fingerprint density at radius 2 is 1.93 bits per heavy atom. The number of phenolic OH excluding ortho intramolecular Hbond substituents is 2. The van der Waals surface area contributed by atoms with Crippen LogP contribution in [-0.4, -0.2) is 16.0 Å². The summed E-state index contributed by atoms with van der Waals surface area (Å²) < 4.78 is 0. The van der Waals surface area contributed by atoms with Gasteiger partial charge in [-0.2, -0.15) is 0 Å². The normalized spacial score (nSPS) is 9.57. The highest BCUT2D eigenvalue weighted by atomic mass is 16.3. The topological polar surface area (TPSA) is 57.5 Å². The minimum absolute atomic E-state index is 0.0340. The standard InChI is InChI=1S/C11H12O3/c1-7(2)5-11(14)9-6-8(12)3-4-10(9)13/h3-6,12-13H,1-2H3. The van der Waals surface area contributed by atoms with Crippen LogP contribution in [0.1, 0.15) is 24.2 Å². The van der Waals surface area contributed by atoms with Crippen molar-refractivity contribution in [2.45, 2.75) is 13.8 Å². The Labute approximate surface area is 82.3 Å². The van der Waals surface area contributed by atoms with E-state index >= 15 is 0 Å². The molecule has 0 aliphatic heterocycles. The van der Waals surface area contributed by atoms with Crippen LogP contribution in [0.2, 0.25) is 0 Å². The van der Waals surface area contributed by atoms with Gasteiger partial charge in [0.05, 0.1) is 5.56 Å². The molecule has 0 aliphatic carbocycles. The first-order chi connectivity index (χ1) is 6.50. The van der Waals surface area contributed by atoms with Crippen molar-refractivity contribution >= 4 is 5.78 Å². The highest BCUT2D eigenvalue weighted by Crippen LogP contribution is 2.22. The molecule has 3 heteroatoms. The van der Waals surface area contributed by atoms with Crippen LogP contribution in [-0.2, 0) is 0 Å². The largest absolute Gasteiger partial charge is 0.508 e. The number of benzene rings is 1. The minimum Gasteiger partial charge on any atom is -0.508 e. The van der Waals surface area contributed by atoms with Crippen LogP contribution in [0.4, 0.5) is 0 Å². The minimum atomic E-state index is -0.307. The molecule has 0 atom stereocenters. The quantitative estimate of drug-likeness (QED) is 0.429. The average Bonchev–Trinajstić information content (AvgIpc) is 2.08. The van der Waals surface area contributed by atoms with Crippen LogP contribution in [0.25, 0.3) is 0 Å². The number of carbonyl (C=O) groups excluding carboxylic acids is 1. The third kappa shape index (κ3) is 2.36. The van der Waals surface area contributed by atoms with E-state index in [1.54, 1.807) is 13.8 Å². The molecule has 0 heterocycles. The molecule has 0 saturated heterocycles. The van der Waals surface area contributed by atoms with Crippen molar-refractivity contribution in [1.29, 1.82) is 0 Å². The van der Waals surface area contributed by atoms with E-state index in [0.717, 1.165) is 5.57 Å². The van der Waals surface area contributed by atoms with Gasteiger partial charge in [0.2, 0.25) is 0 Å². The maximum Gasteiger partial charge on any atom is 0.189 e. The lowest BCUT2D eigenvalue weighted by Crippen LogP contribution is -1.95. The zero-order chi connectivity index (χ0) is 10.7. The number of hydrogen-bond acceptors (Lipinski definition) is 3. The van der Waals surface area contributed by atoms with E-state index < -0.39 is 0 Å². The van der Waals surface area contributed by atoms with Crippen molar-refractivity contribution in [3.05, 3.63) is 35.4 Å². The lowest BCUT2D eigenvalue weighted by atomic mass is 10.1. The monoisotopic (exact) mass is 192 g/mol. The Kier molecular flexibility index (Phi) is 2.92. The number of hydrogen-bond donors (Lipinski definition) is 2. The summed E-state index contributed by atoms with van der Waals surface area (Å²) in [4.78, 5) is 11.5. The smallest absolute Gasteiger partial charge is 0.189 e. The molecule has 1 aromatic rings. The third-order valence-electron chi connectivity index (χ3n) is 1.67. The SMILES string of the molecule is CC(C)=CC(=O)c1cc(O)ccc1O. The van der Waals surface area contributed by atoms with E-state index in [-0.39, 0.29) is 22.8 Å². The van der Waals surface area contributed by atoms with Gasteiger partial charge in [0.15, 0.2) is 5.78 Å². The molecule has 0 aliphatic rings. The fourth-order valence-corrected chi connectivity index (χ4v) is 1.06. The van der Waals surface area contributed by atoms with E-state index in [1.165, 1.54) is 24.3 Å². The van der Waals surface area contributed by atoms with E-state index in [9.17, 15) is 9.90 Å². The molecule has 0 aromatic heterocycles. The molecule has 0 radical (unpaired) electrons.